The first-order chi connectivity index (χ1) is 11.2. The van der Waals surface area contributed by atoms with Gasteiger partial charge in [-0.1, -0.05) is 23.7 Å². The summed E-state index contributed by atoms with van der Waals surface area (Å²) in [7, 11) is 0. The minimum Gasteiger partial charge on any atom is -0.373 e. The van der Waals surface area contributed by atoms with Crippen molar-refractivity contribution in [2.24, 2.45) is 4.99 Å². The van der Waals surface area contributed by atoms with Crippen LogP contribution in [-0.2, 0) is 4.74 Å². The van der Waals surface area contributed by atoms with Crippen LogP contribution in [0, 0.1) is 0 Å². The third-order valence-electron chi connectivity index (χ3n) is 5.13. The highest BCUT2D eigenvalue weighted by Gasteiger charge is 2.43. The van der Waals surface area contributed by atoms with Gasteiger partial charge in [0.15, 0.2) is 5.96 Å². The number of hydrogen-bond donors (Lipinski definition) is 2. The topological polar surface area (TPSA) is 45.7 Å². The molecule has 1 aliphatic carbocycles. The molecule has 4 rings (SSSR count). The molecule has 4 nitrogen and oxygen atoms in total. The molecule has 0 aromatic heterocycles. The van der Waals surface area contributed by atoms with Crippen molar-refractivity contribution >= 4 is 41.5 Å². The number of aliphatic imine (C=N–C) groups is 1. The van der Waals surface area contributed by atoms with Crippen LogP contribution >= 0.6 is 35.6 Å². The van der Waals surface area contributed by atoms with E-state index in [0.29, 0.717) is 30.2 Å². The summed E-state index contributed by atoms with van der Waals surface area (Å²) in [5.74, 6) is 1.47. The number of rotatable bonds is 4. The predicted molar refractivity (Wildman–Crippen MR) is 109 cm³/mol. The smallest absolute Gasteiger partial charge is 0.191 e. The molecule has 0 amide bonds. The lowest BCUT2D eigenvalue weighted by Crippen LogP contribution is -2.48. The first-order valence-corrected chi connectivity index (χ1v) is 9.09. The summed E-state index contributed by atoms with van der Waals surface area (Å²) in [5, 5.41) is 7.99. The van der Waals surface area contributed by atoms with Gasteiger partial charge in [0.1, 0.15) is 0 Å². The fourth-order valence-electron chi connectivity index (χ4n) is 3.89. The Morgan fingerprint density at radius 1 is 1.25 bits per heavy atom. The van der Waals surface area contributed by atoms with Crippen molar-refractivity contribution < 1.29 is 4.74 Å². The molecule has 2 N–H and O–H groups in total. The molecule has 2 aliphatic heterocycles. The maximum absolute atomic E-state index is 6.10. The molecule has 1 aromatic carbocycles. The van der Waals surface area contributed by atoms with E-state index < -0.39 is 0 Å². The molecular formula is C18H25ClIN3O. The maximum Gasteiger partial charge on any atom is 0.191 e. The molecule has 1 aromatic rings. The van der Waals surface area contributed by atoms with Gasteiger partial charge < -0.3 is 15.4 Å². The lowest BCUT2D eigenvalue weighted by atomic mass is 9.96. The molecule has 24 heavy (non-hydrogen) atoms. The summed E-state index contributed by atoms with van der Waals surface area (Å²) in [4.78, 5) is 4.61. The van der Waals surface area contributed by atoms with Crippen molar-refractivity contribution in [3.63, 3.8) is 0 Å². The van der Waals surface area contributed by atoms with Crippen LogP contribution in [-0.4, -0.2) is 36.8 Å². The van der Waals surface area contributed by atoms with Gasteiger partial charge in [-0.15, -0.1) is 24.0 Å². The SMILES string of the molecule is CCN=C(NC1CC2CCC1O2)NC1CC1c1cccc(Cl)c1.I. The van der Waals surface area contributed by atoms with Gasteiger partial charge in [-0.25, -0.2) is 0 Å². The van der Waals surface area contributed by atoms with Crippen molar-refractivity contribution in [1.82, 2.24) is 10.6 Å². The molecule has 2 saturated heterocycles. The summed E-state index contributed by atoms with van der Waals surface area (Å²) in [5.41, 5.74) is 1.31. The lowest BCUT2D eigenvalue weighted by molar-refractivity contribution is 0.0992. The fraction of sp³-hybridized carbons (Fsp3) is 0.611. The summed E-state index contributed by atoms with van der Waals surface area (Å²) in [6, 6.07) is 9.05. The van der Waals surface area contributed by atoms with Crippen molar-refractivity contribution in [1.29, 1.82) is 0 Å². The quantitative estimate of drug-likeness (QED) is 0.408. The van der Waals surface area contributed by atoms with Crippen molar-refractivity contribution in [3.05, 3.63) is 34.9 Å². The molecule has 3 fully saturated rings. The van der Waals surface area contributed by atoms with Gasteiger partial charge in [0, 0.05) is 23.5 Å². The number of nitrogens with one attached hydrogen (secondary N) is 2. The number of benzene rings is 1. The van der Waals surface area contributed by atoms with Crippen molar-refractivity contribution in [2.45, 2.75) is 62.8 Å². The van der Waals surface area contributed by atoms with Crippen molar-refractivity contribution in [2.75, 3.05) is 6.54 Å². The minimum absolute atomic E-state index is 0. The van der Waals surface area contributed by atoms with E-state index in [2.05, 4.69) is 34.7 Å². The maximum atomic E-state index is 6.10. The molecule has 5 unspecified atom stereocenters. The highest BCUT2D eigenvalue weighted by molar-refractivity contribution is 14.0. The minimum atomic E-state index is 0. The van der Waals surface area contributed by atoms with Gasteiger partial charge in [0.05, 0.1) is 18.2 Å². The van der Waals surface area contributed by atoms with Crippen LogP contribution in [0.4, 0.5) is 0 Å². The third kappa shape index (κ3) is 3.99. The van der Waals surface area contributed by atoms with E-state index in [9.17, 15) is 0 Å². The monoisotopic (exact) mass is 461 g/mol. The number of ether oxygens (including phenoxy) is 1. The highest BCUT2D eigenvalue weighted by atomic mass is 127. The van der Waals surface area contributed by atoms with Gasteiger partial charge in [-0.2, -0.15) is 0 Å². The highest BCUT2D eigenvalue weighted by Crippen LogP contribution is 2.41. The van der Waals surface area contributed by atoms with E-state index in [-0.39, 0.29) is 24.0 Å². The molecule has 5 atom stereocenters. The molecule has 6 heteroatoms. The third-order valence-corrected chi connectivity index (χ3v) is 5.37. The molecule has 0 radical (unpaired) electrons. The zero-order chi connectivity index (χ0) is 15.8. The Morgan fingerprint density at radius 3 is 2.75 bits per heavy atom. The van der Waals surface area contributed by atoms with Crippen LogP contribution < -0.4 is 10.6 Å². The lowest BCUT2D eigenvalue weighted by Gasteiger charge is -2.23. The van der Waals surface area contributed by atoms with Crippen LogP contribution in [0.15, 0.2) is 29.3 Å². The first-order valence-electron chi connectivity index (χ1n) is 8.71. The van der Waals surface area contributed by atoms with E-state index >= 15 is 0 Å². The summed E-state index contributed by atoms with van der Waals surface area (Å²) in [6.45, 7) is 2.85. The average molecular weight is 462 g/mol. The normalized spacial score (nSPS) is 33.9. The van der Waals surface area contributed by atoms with E-state index in [1.807, 2.05) is 12.1 Å². The number of nitrogens with zero attached hydrogens (tertiary/aromatic N) is 1. The summed E-state index contributed by atoms with van der Waals surface area (Å²) < 4.78 is 5.93. The average Bonchev–Trinajstić information content (AvgIpc) is 2.98. The molecule has 0 spiro atoms. The fourth-order valence-corrected chi connectivity index (χ4v) is 4.09. The largest absolute Gasteiger partial charge is 0.373 e. The Labute approximate surface area is 165 Å². The number of halogens is 2. The van der Waals surface area contributed by atoms with Crippen molar-refractivity contribution in [3.8, 4) is 0 Å². The Morgan fingerprint density at radius 2 is 2.08 bits per heavy atom. The van der Waals surface area contributed by atoms with E-state index in [1.54, 1.807) is 0 Å². The van der Waals surface area contributed by atoms with Crippen LogP contribution in [0.5, 0.6) is 0 Å². The second-order valence-electron chi connectivity index (χ2n) is 6.83. The van der Waals surface area contributed by atoms with Gasteiger partial charge in [0.25, 0.3) is 0 Å². The van der Waals surface area contributed by atoms with Gasteiger partial charge in [-0.3, -0.25) is 4.99 Å². The van der Waals surface area contributed by atoms with Crippen LogP contribution in [0.2, 0.25) is 5.02 Å². The van der Waals surface area contributed by atoms with Gasteiger partial charge >= 0.3 is 0 Å². The number of guanidine groups is 1. The standard InChI is InChI=1S/C18H24ClN3O.HI/c1-2-20-18(22-16-9-13-6-7-17(16)23-13)21-15-10-14(15)11-4-3-5-12(19)8-11;/h3-5,8,13-17H,2,6-7,9-10H2,1H3,(H2,20,21,22);1H. The summed E-state index contributed by atoms with van der Waals surface area (Å²) >= 11 is 6.10. The Kier molecular flexibility index (Phi) is 5.93. The molecular weight excluding hydrogens is 437 g/mol. The molecule has 2 bridgehead atoms. The van der Waals surface area contributed by atoms with Gasteiger partial charge in [-0.05, 0) is 50.3 Å². The van der Waals surface area contributed by atoms with E-state index in [1.165, 1.54) is 18.4 Å². The zero-order valence-electron chi connectivity index (χ0n) is 13.9. The van der Waals surface area contributed by atoms with Crippen LogP contribution in [0.3, 0.4) is 0 Å². The summed E-state index contributed by atoms with van der Waals surface area (Å²) in [6.07, 6.45) is 5.47. The van der Waals surface area contributed by atoms with E-state index in [4.69, 9.17) is 16.3 Å². The number of hydrogen-bond acceptors (Lipinski definition) is 2. The predicted octanol–water partition coefficient (Wildman–Crippen LogP) is 3.69. The molecule has 3 aliphatic rings. The second-order valence-corrected chi connectivity index (χ2v) is 7.27. The van der Waals surface area contributed by atoms with Crippen LogP contribution in [0.1, 0.15) is 44.1 Å². The first kappa shape index (κ1) is 18.3. The number of fused-ring (bicyclic) bond motifs is 2. The molecule has 132 valence electrons. The van der Waals surface area contributed by atoms with Gasteiger partial charge in [0.2, 0.25) is 0 Å². The Bertz CT molecular complexity index is 612. The van der Waals surface area contributed by atoms with E-state index in [0.717, 1.165) is 30.4 Å². The zero-order valence-corrected chi connectivity index (χ0v) is 17.0. The van der Waals surface area contributed by atoms with Crippen LogP contribution in [0.25, 0.3) is 0 Å². The second kappa shape index (κ2) is 7.79. The molecule has 1 saturated carbocycles. The molecule has 2 heterocycles. The Balaban J connectivity index is 0.00000169. The Hall–Kier alpha value is -0.530.